The van der Waals surface area contributed by atoms with E-state index in [4.69, 9.17) is 9.47 Å². The van der Waals surface area contributed by atoms with Crippen LogP contribution in [-0.2, 0) is 0 Å². The molecular weight excluding hydrogens is 340 g/mol. The van der Waals surface area contributed by atoms with Crippen molar-refractivity contribution < 1.29 is 19.2 Å². The van der Waals surface area contributed by atoms with Gasteiger partial charge >= 0.3 is 0 Å². The summed E-state index contributed by atoms with van der Waals surface area (Å²) in [7, 11) is 1.50. The van der Waals surface area contributed by atoms with E-state index in [-0.39, 0.29) is 17.7 Å². The summed E-state index contributed by atoms with van der Waals surface area (Å²) in [6, 6.07) is 7.81. The van der Waals surface area contributed by atoms with Gasteiger partial charge in [0.15, 0.2) is 0 Å². The van der Waals surface area contributed by atoms with Crippen LogP contribution >= 0.6 is 0 Å². The first-order valence-corrected chi connectivity index (χ1v) is 8.06. The third-order valence-corrected chi connectivity index (χ3v) is 4.20. The molecule has 0 N–H and O–H groups in total. The minimum atomic E-state index is -0.482. The van der Waals surface area contributed by atoms with Gasteiger partial charge in [0.1, 0.15) is 6.10 Å². The zero-order chi connectivity index (χ0) is 18.7. The molecule has 0 bridgehead atoms. The Hall–Kier alpha value is -3.23. The van der Waals surface area contributed by atoms with E-state index in [9.17, 15) is 14.9 Å². The van der Waals surface area contributed by atoms with Crippen molar-refractivity contribution in [3.8, 4) is 11.8 Å². The lowest BCUT2D eigenvalue weighted by Gasteiger charge is -2.17. The van der Waals surface area contributed by atoms with E-state index in [1.807, 2.05) is 0 Å². The van der Waals surface area contributed by atoms with E-state index in [0.29, 0.717) is 42.4 Å². The Bertz CT molecular complexity index is 824. The van der Waals surface area contributed by atoms with Gasteiger partial charge in [0.2, 0.25) is 11.8 Å². The lowest BCUT2D eigenvalue weighted by atomic mass is 10.1. The first kappa shape index (κ1) is 17.6. The van der Waals surface area contributed by atoms with Gasteiger partial charge in [0, 0.05) is 42.3 Å². The number of benzene rings is 1. The van der Waals surface area contributed by atoms with Crippen LogP contribution in [-0.4, -0.2) is 52.2 Å². The number of ether oxygens (including phenoxy) is 2. The second-order valence-electron chi connectivity index (χ2n) is 5.95. The molecule has 9 nitrogen and oxygen atoms in total. The summed E-state index contributed by atoms with van der Waals surface area (Å²) >= 11 is 0. The van der Waals surface area contributed by atoms with Crippen molar-refractivity contribution in [3.63, 3.8) is 0 Å². The highest BCUT2D eigenvalue weighted by Gasteiger charge is 2.29. The second-order valence-corrected chi connectivity index (χ2v) is 5.95. The van der Waals surface area contributed by atoms with E-state index < -0.39 is 4.92 Å². The van der Waals surface area contributed by atoms with Gasteiger partial charge in [0.05, 0.1) is 18.6 Å². The lowest BCUT2D eigenvalue weighted by Crippen LogP contribution is -2.31. The molecule has 0 radical (unpaired) electrons. The summed E-state index contributed by atoms with van der Waals surface area (Å²) in [5, 5.41) is 18.8. The zero-order valence-corrected chi connectivity index (χ0v) is 14.4. The van der Waals surface area contributed by atoms with Crippen molar-refractivity contribution in [2.45, 2.75) is 19.4 Å². The van der Waals surface area contributed by atoms with Crippen LogP contribution in [0.1, 0.15) is 22.3 Å². The maximum absolute atomic E-state index is 12.6. The minimum absolute atomic E-state index is 0.0589. The summed E-state index contributed by atoms with van der Waals surface area (Å²) in [6.45, 7) is 2.53. The van der Waals surface area contributed by atoms with E-state index in [2.05, 4.69) is 10.2 Å². The molecule has 1 unspecified atom stereocenters. The first-order valence-electron chi connectivity index (χ1n) is 8.06. The monoisotopic (exact) mass is 358 g/mol. The Labute approximate surface area is 149 Å². The summed E-state index contributed by atoms with van der Waals surface area (Å²) in [5.74, 6) is 0.498. The van der Waals surface area contributed by atoms with E-state index in [1.54, 1.807) is 36.1 Å². The average Bonchev–Trinajstić information content (AvgIpc) is 3.10. The molecule has 1 amide bonds. The maximum atomic E-state index is 12.6. The van der Waals surface area contributed by atoms with Gasteiger partial charge in [-0.2, -0.15) is 0 Å². The molecule has 0 saturated carbocycles. The van der Waals surface area contributed by atoms with Gasteiger partial charge in [-0.05, 0) is 13.0 Å². The second kappa shape index (κ2) is 7.34. The van der Waals surface area contributed by atoms with Crippen molar-refractivity contribution >= 4 is 11.6 Å². The molecule has 1 aromatic carbocycles. The molecule has 0 spiro atoms. The molecule has 3 rings (SSSR count). The number of carbonyl (C=O) groups excluding carboxylic acids is 1. The third-order valence-electron chi connectivity index (χ3n) is 4.20. The standard InChI is InChI=1S/C17H18N4O5/c1-11-3-4-12(9-14(11)21(23)24)17(22)20-8-7-13(10-20)26-16-6-5-15(25-2)18-19-16/h3-6,9,13H,7-8,10H2,1-2H3. The molecule has 1 aliphatic rings. The molecule has 2 aromatic rings. The summed E-state index contributed by atoms with van der Waals surface area (Å²) in [5.41, 5.74) is 0.760. The fraction of sp³-hybridized carbons (Fsp3) is 0.353. The SMILES string of the molecule is COc1ccc(OC2CCN(C(=O)c3ccc(C)c([N+](=O)[O-])c3)C2)nn1. The molecule has 1 saturated heterocycles. The van der Waals surface area contributed by atoms with Crippen molar-refractivity contribution in [3.05, 3.63) is 51.6 Å². The number of aromatic nitrogens is 2. The Kier molecular flexibility index (Phi) is 4.97. The molecule has 1 fully saturated rings. The van der Waals surface area contributed by atoms with E-state index >= 15 is 0 Å². The molecule has 136 valence electrons. The van der Waals surface area contributed by atoms with Crippen LogP contribution < -0.4 is 9.47 Å². The Morgan fingerprint density at radius 3 is 2.65 bits per heavy atom. The maximum Gasteiger partial charge on any atom is 0.273 e. The summed E-state index contributed by atoms with van der Waals surface area (Å²) in [4.78, 5) is 24.8. The van der Waals surface area contributed by atoms with Crippen molar-refractivity contribution in [1.29, 1.82) is 0 Å². The van der Waals surface area contributed by atoms with Gasteiger partial charge in [-0.1, -0.05) is 6.07 Å². The quantitative estimate of drug-likeness (QED) is 0.594. The third kappa shape index (κ3) is 3.71. The molecule has 1 aromatic heterocycles. The number of carbonyl (C=O) groups is 1. The topological polar surface area (TPSA) is 108 Å². The number of nitrogens with zero attached hydrogens (tertiary/aromatic N) is 4. The number of likely N-dealkylation sites (tertiary alicyclic amines) is 1. The number of nitro benzene ring substituents is 1. The van der Waals surface area contributed by atoms with Crippen LogP contribution in [0.3, 0.4) is 0 Å². The number of aryl methyl sites for hydroxylation is 1. The molecular formula is C17H18N4O5. The number of amides is 1. The van der Waals surface area contributed by atoms with Gasteiger partial charge < -0.3 is 14.4 Å². The van der Waals surface area contributed by atoms with Crippen molar-refractivity contribution in [1.82, 2.24) is 15.1 Å². The highest BCUT2D eigenvalue weighted by Crippen LogP contribution is 2.23. The fourth-order valence-electron chi connectivity index (χ4n) is 2.78. The predicted octanol–water partition coefficient (Wildman–Crippen LogP) is 2.00. The van der Waals surface area contributed by atoms with Crippen molar-refractivity contribution in [2.75, 3.05) is 20.2 Å². The highest BCUT2D eigenvalue weighted by molar-refractivity contribution is 5.95. The molecule has 2 heterocycles. The minimum Gasteiger partial charge on any atom is -0.480 e. The Morgan fingerprint density at radius 1 is 1.27 bits per heavy atom. The van der Waals surface area contributed by atoms with Crippen molar-refractivity contribution in [2.24, 2.45) is 0 Å². The predicted molar refractivity (Wildman–Crippen MR) is 91.4 cm³/mol. The molecule has 1 atom stereocenters. The molecule has 26 heavy (non-hydrogen) atoms. The van der Waals surface area contributed by atoms with Crippen LogP contribution in [0.15, 0.2) is 30.3 Å². The number of nitro groups is 1. The van der Waals surface area contributed by atoms with Gasteiger partial charge in [-0.3, -0.25) is 14.9 Å². The number of methoxy groups -OCH3 is 1. The highest BCUT2D eigenvalue weighted by atomic mass is 16.6. The molecule has 1 aliphatic heterocycles. The summed E-state index contributed by atoms with van der Waals surface area (Å²) in [6.07, 6.45) is 0.440. The summed E-state index contributed by atoms with van der Waals surface area (Å²) < 4.78 is 10.7. The smallest absolute Gasteiger partial charge is 0.273 e. The number of rotatable bonds is 5. The fourth-order valence-corrected chi connectivity index (χ4v) is 2.78. The van der Waals surface area contributed by atoms with Crippen LogP contribution in [0.2, 0.25) is 0 Å². The number of hydrogen-bond acceptors (Lipinski definition) is 7. The van der Waals surface area contributed by atoms with Gasteiger partial charge in [-0.15, -0.1) is 10.2 Å². The Balaban J connectivity index is 1.65. The van der Waals surface area contributed by atoms with E-state index in [0.717, 1.165) is 0 Å². The van der Waals surface area contributed by atoms with Gasteiger partial charge in [-0.25, -0.2) is 0 Å². The van der Waals surface area contributed by atoms with Crippen LogP contribution in [0.5, 0.6) is 11.8 Å². The van der Waals surface area contributed by atoms with E-state index in [1.165, 1.54) is 13.2 Å². The molecule has 9 heteroatoms. The largest absolute Gasteiger partial charge is 0.480 e. The van der Waals surface area contributed by atoms with Crippen LogP contribution in [0.4, 0.5) is 5.69 Å². The normalized spacial score (nSPS) is 16.4. The van der Waals surface area contributed by atoms with Gasteiger partial charge in [0.25, 0.3) is 11.6 Å². The zero-order valence-electron chi connectivity index (χ0n) is 14.4. The van der Waals surface area contributed by atoms with Crippen LogP contribution in [0.25, 0.3) is 0 Å². The molecule has 0 aliphatic carbocycles. The Morgan fingerprint density at radius 2 is 2.00 bits per heavy atom. The first-order chi connectivity index (χ1) is 12.5. The number of hydrogen-bond donors (Lipinski definition) is 0. The van der Waals surface area contributed by atoms with Crippen LogP contribution in [0, 0.1) is 17.0 Å². The lowest BCUT2D eigenvalue weighted by molar-refractivity contribution is -0.385. The average molecular weight is 358 g/mol.